The summed E-state index contributed by atoms with van der Waals surface area (Å²) < 4.78 is 0. The third-order valence-electron chi connectivity index (χ3n) is 5.06. The Balaban J connectivity index is 1.54. The van der Waals surface area contributed by atoms with Crippen molar-refractivity contribution in [3.8, 4) is 0 Å². The molecular weight excluding hydrogens is 376 g/mol. The predicted octanol–water partition coefficient (Wildman–Crippen LogP) is 4.29. The fraction of sp³-hybridized carbons (Fsp3) is 0.333. The van der Waals surface area contributed by atoms with Gasteiger partial charge in [-0.15, -0.1) is 23.5 Å². The molecule has 0 saturated carbocycles. The molecule has 1 unspecified atom stereocenters. The van der Waals surface area contributed by atoms with E-state index in [-0.39, 0.29) is 24.2 Å². The zero-order valence-electron chi connectivity index (χ0n) is 15.3. The third kappa shape index (κ3) is 3.73. The van der Waals surface area contributed by atoms with E-state index in [0.717, 1.165) is 39.9 Å². The van der Waals surface area contributed by atoms with E-state index in [4.69, 9.17) is 0 Å². The van der Waals surface area contributed by atoms with Crippen molar-refractivity contribution < 1.29 is 9.59 Å². The first-order valence-electron chi connectivity index (χ1n) is 9.15. The lowest BCUT2D eigenvalue weighted by atomic mass is 10.1. The lowest BCUT2D eigenvalue weighted by Gasteiger charge is -2.25. The van der Waals surface area contributed by atoms with E-state index in [9.17, 15) is 9.59 Å². The largest absolute Gasteiger partial charge is 0.312 e. The van der Waals surface area contributed by atoms with E-state index >= 15 is 0 Å². The van der Waals surface area contributed by atoms with Gasteiger partial charge in [0, 0.05) is 35.0 Å². The van der Waals surface area contributed by atoms with E-state index in [1.165, 1.54) is 0 Å². The number of nitrogens with zero attached hydrogens (tertiary/aromatic N) is 2. The molecule has 2 amide bonds. The van der Waals surface area contributed by atoms with Gasteiger partial charge in [-0.25, -0.2) is 0 Å². The zero-order valence-corrected chi connectivity index (χ0v) is 16.9. The molecule has 4 nitrogen and oxygen atoms in total. The van der Waals surface area contributed by atoms with Crippen LogP contribution in [0.25, 0.3) is 0 Å². The number of para-hydroxylation sites is 1. The van der Waals surface area contributed by atoms with Gasteiger partial charge in [0.05, 0.1) is 11.6 Å². The minimum atomic E-state index is -0.283. The van der Waals surface area contributed by atoms with Crippen molar-refractivity contribution in [3.63, 3.8) is 0 Å². The lowest BCUT2D eigenvalue weighted by molar-refractivity contribution is -0.124. The molecule has 0 radical (unpaired) electrons. The number of hydrogen-bond acceptors (Lipinski definition) is 4. The highest BCUT2D eigenvalue weighted by molar-refractivity contribution is 7.99. The molecule has 6 heteroatoms. The minimum Gasteiger partial charge on any atom is -0.312 e. The van der Waals surface area contributed by atoms with Gasteiger partial charge in [-0.3, -0.25) is 9.59 Å². The van der Waals surface area contributed by atoms with Gasteiger partial charge < -0.3 is 9.80 Å². The Morgan fingerprint density at radius 3 is 2.70 bits per heavy atom. The van der Waals surface area contributed by atoms with Crippen LogP contribution in [0.5, 0.6) is 0 Å². The van der Waals surface area contributed by atoms with Crippen LogP contribution in [0.1, 0.15) is 12.8 Å². The van der Waals surface area contributed by atoms with E-state index in [2.05, 4.69) is 6.07 Å². The monoisotopic (exact) mass is 398 g/mol. The number of fused-ring (bicyclic) bond motifs is 1. The maximum absolute atomic E-state index is 13.3. The number of rotatable bonds is 3. The quantitative estimate of drug-likeness (QED) is 0.723. The topological polar surface area (TPSA) is 40.6 Å². The second-order valence-electron chi connectivity index (χ2n) is 6.76. The van der Waals surface area contributed by atoms with Crippen molar-refractivity contribution in [2.45, 2.75) is 22.6 Å². The molecule has 4 rings (SSSR count). The number of carbonyl (C=O) groups is 2. The second-order valence-corrected chi connectivity index (χ2v) is 8.78. The summed E-state index contributed by atoms with van der Waals surface area (Å²) in [6, 6.07) is 16.0. The summed E-state index contributed by atoms with van der Waals surface area (Å²) in [4.78, 5) is 31.8. The van der Waals surface area contributed by atoms with Crippen molar-refractivity contribution >= 4 is 46.7 Å². The summed E-state index contributed by atoms with van der Waals surface area (Å²) in [5.41, 5.74) is 1.86. The molecule has 0 N–H and O–H groups in total. The molecule has 0 bridgehead atoms. The Kier molecular flexibility index (Phi) is 5.45. The normalized spacial score (nSPS) is 19.7. The van der Waals surface area contributed by atoms with Crippen LogP contribution in [0.4, 0.5) is 11.4 Å². The van der Waals surface area contributed by atoms with E-state index in [1.807, 2.05) is 53.6 Å². The summed E-state index contributed by atoms with van der Waals surface area (Å²) >= 11 is 3.48. The Labute approximate surface area is 168 Å². The molecule has 1 fully saturated rings. The van der Waals surface area contributed by atoms with Crippen LogP contribution < -0.4 is 9.80 Å². The van der Waals surface area contributed by atoms with Gasteiger partial charge in [0.15, 0.2) is 0 Å². The molecule has 0 aliphatic carbocycles. The molecule has 0 spiro atoms. The highest BCUT2D eigenvalue weighted by Crippen LogP contribution is 2.36. The van der Waals surface area contributed by atoms with E-state index < -0.39 is 0 Å². The lowest BCUT2D eigenvalue weighted by Crippen LogP contribution is -2.38. The molecule has 1 atom stereocenters. The Morgan fingerprint density at radius 2 is 1.93 bits per heavy atom. The van der Waals surface area contributed by atoms with Gasteiger partial charge in [-0.2, -0.15) is 0 Å². The first kappa shape index (κ1) is 18.4. The fourth-order valence-electron chi connectivity index (χ4n) is 3.66. The van der Waals surface area contributed by atoms with Crippen LogP contribution in [0.2, 0.25) is 0 Å². The smallest absolute Gasteiger partial charge is 0.232 e. The van der Waals surface area contributed by atoms with Gasteiger partial charge in [-0.05, 0) is 54.8 Å². The molecule has 2 aliphatic rings. The number of carbonyl (C=O) groups excluding carboxylic acids is 2. The van der Waals surface area contributed by atoms with Gasteiger partial charge >= 0.3 is 0 Å². The fourth-order valence-corrected chi connectivity index (χ4v) is 5.06. The molecule has 27 heavy (non-hydrogen) atoms. The van der Waals surface area contributed by atoms with Crippen molar-refractivity contribution in [2.75, 3.05) is 34.9 Å². The molecule has 1 saturated heterocycles. The van der Waals surface area contributed by atoms with Gasteiger partial charge in [0.2, 0.25) is 11.8 Å². The van der Waals surface area contributed by atoms with Crippen LogP contribution in [-0.2, 0) is 9.59 Å². The van der Waals surface area contributed by atoms with Crippen molar-refractivity contribution in [1.29, 1.82) is 0 Å². The highest BCUT2D eigenvalue weighted by atomic mass is 32.2. The number of anilines is 2. The average molecular weight is 399 g/mol. The first-order chi connectivity index (χ1) is 13.2. The first-order valence-corrected chi connectivity index (χ1v) is 11.4. The number of thioether (sulfide) groups is 2. The highest BCUT2D eigenvalue weighted by Gasteiger charge is 2.38. The Morgan fingerprint density at radius 1 is 1.15 bits per heavy atom. The molecule has 2 aliphatic heterocycles. The van der Waals surface area contributed by atoms with Gasteiger partial charge in [-0.1, -0.05) is 12.1 Å². The summed E-state index contributed by atoms with van der Waals surface area (Å²) in [7, 11) is 0. The number of benzene rings is 2. The van der Waals surface area contributed by atoms with Crippen LogP contribution in [0.3, 0.4) is 0 Å². The zero-order chi connectivity index (χ0) is 18.8. The minimum absolute atomic E-state index is 0.0303. The van der Waals surface area contributed by atoms with Crippen LogP contribution >= 0.6 is 23.5 Å². The second kappa shape index (κ2) is 7.98. The summed E-state index contributed by atoms with van der Waals surface area (Å²) in [5, 5.41) is 0. The number of amides is 2. The van der Waals surface area contributed by atoms with Crippen molar-refractivity contribution in [3.05, 3.63) is 48.5 Å². The van der Waals surface area contributed by atoms with Crippen LogP contribution in [-0.4, -0.2) is 36.9 Å². The van der Waals surface area contributed by atoms with Crippen LogP contribution in [0.15, 0.2) is 58.3 Å². The maximum atomic E-state index is 13.3. The SMILES string of the molecule is CSc1ccc(N2CC(C(=O)N3CCCSc4ccccc43)CC2=O)cc1. The maximum Gasteiger partial charge on any atom is 0.232 e. The van der Waals surface area contributed by atoms with Gasteiger partial charge in [0.1, 0.15) is 0 Å². The summed E-state index contributed by atoms with van der Waals surface area (Å²) in [6.07, 6.45) is 3.28. The average Bonchev–Trinajstić information content (AvgIpc) is 2.96. The molecule has 2 aromatic rings. The molecule has 2 heterocycles. The number of hydrogen-bond donors (Lipinski definition) is 0. The van der Waals surface area contributed by atoms with E-state index in [0.29, 0.717) is 6.54 Å². The summed E-state index contributed by atoms with van der Waals surface area (Å²) in [6.45, 7) is 1.18. The molecule has 0 aromatic heterocycles. The standard InChI is InChI=1S/C21H22N2O2S2/c1-26-17-9-7-16(8-10-17)23-14-15(13-20(23)24)21(25)22-11-4-12-27-19-6-3-2-5-18(19)22/h2-3,5-10,15H,4,11-14H2,1H3. The van der Waals surface area contributed by atoms with Crippen molar-refractivity contribution in [2.24, 2.45) is 5.92 Å². The molecule has 2 aromatic carbocycles. The molecule has 140 valence electrons. The Bertz CT molecular complexity index is 854. The van der Waals surface area contributed by atoms with Crippen LogP contribution in [0, 0.1) is 5.92 Å². The summed E-state index contributed by atoms with van der Waals surface area (Å²) in [5.74, 6) is 0.830. The van der Waals surface area contributed by atoms with Crippen molar-refractivity contribution in [1.82, 2.24) is 0 Å². The van der Waals surface area contributed by atoms with Gasteiger partial charge in [0.25, 0.3) is 0 Å². The molecular formula is C21H22N2O2S2. The predicted molar refractivity (Wildman–Crippen MR) is 113 cm³/mol. The third-order valence-corrected chi connectivity index (χ3v) is 6.96. The van der Waals surface area contributed by atoms with E-state index in [1.54, 1.807) is 28.4 Å². The Hall–Kier alpha value is -1.92.